The van der Waals surface area contributed by atoms with Gasteiger partial charge < -0.3 is 0 Å². The molecule has 0 saturated heterocycles. The first-order chi connectivity index (χ1) is 3.83. The molecule has 0 amide bonds. The molecule has 1 radical (unpaired) electrons. The van der Waals surface area contributed by atoms with E-state index >= 15 is 0 Å². The van der Waals surface area contributed by atoms with E-state index in [4.69, 9.17) is 0 Å². The molecular formula is C5H4NOS. The minimum atomic E-state index is 0.572. The van der Waals surface area contributed by atoms with Crippen LogP contribution in [0.1, 0.15) is 9.88 Å². The molecule has 0 spiro atoms. The summed E-state index contributed by atoms with van der Waals surface area (Å²) in [6.45, 7) is 1.85. The number of thiazole rings is 1. The van der Waals surface area contributed by atoms with Crippen LogP contribution in [0.5, 0.6) is 0 Å². The van der Waals surface area contributed by atoms with E-state index in [2.05, 4.69) is 4.98 Å². The molecule has 1 aromatic heterocycles. The van der Waals surface area contributed by atoms with Crippen molar-refractivity contribution in [1.29, 1.82) is 0 Å². The van der Waals surface area contributed by atoms with Gasteiger partial charge in [0.25, 0.3) is 0 Å². The predicted octanol–water partition coefficient (Wildman–Crippen LogP) is 0.909. The molecule has 3 heteroatoms. The van der Waals surface area contributed by atoms with Crippen LogP contribution in [0.25, 0.3) is 0 Å². The third kappa shape index (κ3) is 0.924. The maximum atomic E-state index is 9.87. The minimum Gasteiger partial charge on any atom is -0.284 e. The highest BCUT2D eigenvalue weighted by molar-refractivity contribution is 7.13. The van der Waals surface area contributed by atoms with Crippen LogP contribution in [0, 0.1) is 6.92 Å². The lowest BCUT2D eigenvalue weighted by Gasteiger charge is -1.67. The molecule has 1 rings (SSSR count). The minimum absolute atomic E-state index is 0.572. The number of rotatable bonds is 1. The second-order valence-electron chi connectivity index (χ2n) is 1.35. The largest absolute Gasteiger partial charge is 0.284 e. The van der Waals surface area contributed by atoms with Gasteiger partial charge in [-0.05, 0) is 6.92 Å². The number of hydrogen-bond donors (Lipinski definition) is 0. The van der Waals surface area contributed by atoms with Crippen molar-refractivity contribution in [3.05, 3.63) is 16.1 Å². The first-order valence-corrected chi connectivity index (χ1v) is 2.95. The highest BCUT2D eigenvalue weighted by Gasteiger charge is 1.93. The Kier molecular flexibility index (Phi) is 1.39. The van der Waals surface area contributed by atoms with E-state index in [-0.39, 0.29) is 0 Å². The van der Waals surface area contributed by atoms with Crippen LogP contribution in [0.3, 0.4) is 0 Å². The van der Waals surface area contributed by atoms with E-state index in [1.165, 1.54) is 17.5 Å². The SMILES string of the molecule is Cc1ncc([C]=O)s1. The van der Waals surface area contributed by atoms with E-state index in [9.17, 15) is 4.79 Å². The van der Waals surface area contributed by atoms with Gasteiger partial charge in [-0.1, -0.05) is 0 Å². The Balaban J connectivity index is 3.00. The zero-order chi connectivity index (χ0) is 5.98. The molecule has 8 heavy (non-hydrogen) atoms. The van der Waals surface area contributed by atoms with Crippen molar-refractivity contribution in [2.24, 2.45) is 0 Å². The highest BCUT2D eigenvalue weighted by Crippen LogP contribution is 2.07. The van der Waals surface area contributed by atoms with Gasteiger partial charge in [0, 0.05) is 6.20 Å². The van der Waals surface area contributed by atoms with Crippen LogP contribution in [0.2, 0.25) is 0 Å². The van der Waals surface area contributed by atoms with Crippen LogP contribution < -0.4 is 0 Å². The van der Waals surface area contributed by atoms with Gasteiger partial charge in [0.1, 0.15) is 0 Å². The Morgan fingerprint density at radius 1 is 1.88 bits per heavy atom. The molecule has 0 saturated carbocycles. The molecule has 0 aliphatic heterocycles. The van der Waals surface area contributed by atoms with E-state index < -0.39 is 0 Å². The van der Waals surface area contributed by atoms with Crippen molar-refractivity contribution in [3.63, 3.8) is 0 Å². The molecule has 0 fully saturated rings. The molecule has 0 aliphatic carbocycles. The first kappa shape index (κ1) is 5.44. The maximum absolute atomic E-state index is 9.87. The number of nitrogens with zero attached hydrogens (tertiary/aromatic N) is 1. The van der Waals surface area contributed by atoms with Gasteiger partial charge in [0.2, 0.25) is 6.29 Å². The molecule has 0 aromatic carbocycles. The summed E-state index contributed by atoms with van der Waals surface area (Å²) in [5, 5.41) is 0.906. The topological polar surface area (TPSA) is 30.0 Å². The fraction of sp³-hybridized carbons (Fsp3) is 0.200. The van der Waals surface area contributed by atoms with Gasteiger partial charge in [0.05, 0.1) is 9.88 Å². The van der Waals surface area contributed by atoms with Gasteiger partial charge in [-0.3, -0.25) is 4.79 Å². The zero-order valence-electron chi connectivity index (χ0n) is 4.34. The molecule has 0 aliphatic rings. The zero-order valence-corrected chi connectivity index (χ0v) is 5.16. The summed E-state index contributed by atoms with van der Waals surface area (Å²) in [6.07, 6.45) is 3.27. The lowest BCUT2D eigenvalue weighted by molar-refractivity contribution is 0.563. The van der Waals surface area contributed by atoms with Gasteiger partial charge in [-0.2, -0.15) is 0 Å². The lowest BCUT2D eigenvalue weighted by atomic mass is 10.6. The predicted molar refractivity (Wildman–Crippen MR) is 31.6 cm³/mol. The maximum Gasteiger partial charge on any atom is 0.245 e. The summed E-state index contributed by atoms with van der Waals surface area (Å²) in [4.78, 5) is 14.3. The Labute approximate surface area is 51.2 Å². The Hall–Kier alpha value is -0.700. The fourth-order valence-electron chi connectivity index (χ4n) is 0.409. The monoisotopic (exact) mass is 126 g/mol. The number of carbonyl (C=O) groups excluding carboxylic acids is 1. The van der Waals surface area contributed by atoms with Crippen molar-refractivity contribution < 1.29 is 4.79 Å². The quantitative estimate of drug-likeness (QED) is 0.559. The van der Waals surface area contributed by atoms with Gasteiger partial charge in [-0.25, -0.2) is 4.98 Å². The second kappa shape index (κ2) is 2.05. The van der Waals surface area contributed by atoms with Crippen LogP contribution >= 0.6 is 11.3 Å². The average Bonchev–Trinajstić information content (AvgIpc) is 2.14. The van der Waals surface area contributed by atoms with Crippen LogP contribution in [-0.4, -0.2) is 11.3 Å². The van der Waals surface area contributed by atoms with E-state index in [1.807, 2.05) is 6.92 Å². The van der Waals surface area contributed by atoms with E-state index in [0.717, 1.165) is 5.01 Å². The smallest absolute Gasteiger partial charge is 0.245 e. The summed E-state index contributed by atoms with van der Waals surface area (Å²) in [5.41, 5.74) is 0. The summed E-state index contributed by atoms with van der Waals surface area (Å²) >= 11 is 1.35. The average molecular weight is 126 g/mol. The van der Waals surface area contributed by atoms with Crippen LogP contribution in [0.15, 0.2) is 6.20 Å². The Bertz CT molecular complexity index is 194. The molecule has 41 valence electrons. The summed E-state index contributed by atoms with van der Waals surface area (Å²) in [7, 11) is 0. The second-order valence-corrected chi connectivity index (χ2v) is 2.58. The van der Waals surface area contributed by atoms with Crippen molar-refractivity contribution in [3.8, 4) is 0 Å². The molecule has 1 heterocycles. The lowest BCUT2D eigenvalue weighted by Crippen LogP contribution is -1.64. The molecular weight excluding hydrogens is 122 g/mol. The van der Waals surface area contributed by atoms with Gasteiger partial charge in [0.15, 0.2) is 0 Å². The molecule has 1 aromatic rings. The Morgan fingerprint density at radius 3 is 2.88 bits per heavy atom. The van der Waals surface area contributed by atoms with Crippen molar-refractivity contribution in [1.82, 2.24) is 4.98 Å². The first-order valence-electron chi connectivity index (χ1n) is 2.13. The van der Waals surface area contributed by atoms with Crippen molar-refractivity contribution in [2.75, 3.05) is 0 Å². The van der Waals surface area contributed by atoms with Crippen molar-refractivity contribution >= 4 is 17.6 Å². The van der Waals surface area contributed by atoms with E-state index in [0.29, 0.717) is 4.88 Å². The number of aryl methyl sites for hydroxylation is 1. The number of hydrogen-bond acceptors (Lipinski definition) is 3. The third-order valence-corrected chi connectivity index (χ3v) is 1.53. The van der Waals surface area contributed by atoms with Crippen LogP contribution in [0.4, 0.5) is 0 Å². The molecule has 0 atom stereocenters. The molecule has 0 unspecified atom stereocenters. The summed E-state index contributed by atoms with van der Waals surface area (Å²) in [6, 6.07) is 0. The summed E-state index contributed by atoms with van der Waals surface area (Å²) in [5.74, 6) is 0. The number of aromatic nitrogens is 1. The van der Waals surface area contributed by atoms with Gasteiger partial charge >= 0.3 is 0 Å². The standard InChI is InChI=1S/C5H4NOS/c1-4-6-2-5(3-7)8-4/h2H,1H3. The molecule has 0 N–H and O–H groups in total. The fourth-order valence-corrected chi connectivity index (χ4v) is 0.979. The normalized spacial score (nSPS) is 9.12. The van der Waals surface area contributed by atoms with Crippen molar-refractivity contribution in [2.45, 2.75) is 6.92 Å². The third-order valence-electron chi connectivity index (χ3n) is 0.722. The summed E-state index contributed by atoms with van der Waals surface area (Å²) < 4.78 is 0. The highest BCUT2D eigenvalue weighted by atomic mass is 32.1. The Morgan fingerprint density at radius 2 is 2.62 bits per heavy atom. The molecule has 0 bridgehead atoms. The van der Waals surface area contributed by atoms with Crippen LogP contribution in [-0.2, 0) is 4.79 Å². The van der Waals surface area contributed by atoms with Gasteiger partial charge in [-0.15, -0.1) is 11.3 Å². The van der Waals surface area contributed by atoms with E-state index in [1.54, 1.807) is 6.29 Å². The molecule has 2 nitrogen and oxygen atoms in total.